The first-order valence-corrected chi connectivity index (χ1v) is 7.08. The highest BCUT2D eigenvalue weighted by atomic mass is 79.9. The third-order valence-corrected chi connectivity index (χ3v) is 4.20. The van der Waals surface area contributed by atoms with E-state index in [-0.39, 0.29) is 11.9 Å². The van der Waals surface area contributed by atoms with E-state index in [9.17, 15) is 4.39 Å². The summed E-state index contributed by atoms with van der Waals surface area (Å²) in [6.07, 6.45) is 0. The zero-order valence-electron chi connectivity index (χ0n) is 10.7. The second-order valence-corrected chi connectivity index (χ2v) is 5.69. The molecule has 4 heteroatoms. The van der Waals surface area contributed by atoms with Gasteiger partial charge in [0.1, 0.15) is 5.82 Å². The molecule has 1 N–H and O–H groups in total. The van der Waals surface area contributed by atoms with Crippen molar-refractivity contribution in [3.05, 3.63) is 68.4 Å². The lowest BCUT2D eigenvalue weighted by atomic mass is 9.97. The summed E-state index contributed by atoms with van der Waals surface area (Å²) >= 11 is 9.26. The largest absolute Gasteiger partial charge is 0.309 e. The average Bonchev–Trinajstić information content (AvgIpc) is 2.37. The standard InChI is InChI=1S/C15H14BrClFN/c1-9-7-10(3-6-13(9)16)15(19-2)12-5-4-11(17)8-14(12)18/h3-8,15,19H,1-2H3. The Labute approximate surface area is 125 Å². The van der Waals surface area contributed by atoms with E-state index in [4.69, 9.17) is 11.6 Å². The fourth-order valence-corrected chi connectivity index (χ4v) is 2.49. The quantitative estimate of drug-likeness (QED) is 0.840. The van der Waals surface area contributed by atoms with Crippen LogP contribution in [-0.4, -0.2) is 7.05 Å². The molecular formula is C15H14BrClFN. The molecule has 2 rings (SSSR count). The molecule has 100 valence electrons. The number of nitrogens with one attached hydrogen (secondary N) is 1. The van der Waals surface area contributed by atoms with Crippen LogP contribution in [0.25, 0.3) is 0 Å². The third-order valence-electron chi connectivity index (χ3n) is 3.08. The van der Waals surface area contributed by atoms with Crippen LogP contribution in [0.5, 0.6) is 0 Å². The fraction of sp³-hybridized carbons (Fsp3) is 0.200. The third kappa shape index (κ3) is 3.16. The van der Waals surface area contributed by atoms with Crippen molar-refractivity contribution in [1.29, 1.82) is 0 Å². The van der Waals surface area contributed by atoms with Gasteiger partial charge in [0.2, 0.25) is 0 Å². The molecule has 1 nitrogen and oxygen atoms in total. The molecule has 0 amide bonds. The Morgan fingerprint density at radius 1 is 1.21 bits per heavy atom. The molecule has 0 radical (unpaired) electrons. The van der Waals surface area contributed by atoms with E-state index in [0.717, 1.165) is 15.6 Å². The summed E-state index contributed by atoms with van der Waals surface area (Å²) < 4.78 is 15.1. The van der Waals surface area contributed by atoms with Gasteiger partial charge in [0.15, 0.2) is 0 Å². The lowest BCUT2D eigenvalue weighted by Crippen LogP contribution is -2.19. The predicted molar refractivity (Wildman–Crippen MR) is 81.2 cm³/mol. The molecule has 2 aromatic rings. The van der Waals surface area contributed by atoms with Gasteiger partial charge in [-0.1, -0.05) is 45.7 Å². The zero-order valence-corrected chi connectivity index (χ0v) is 13.0. The van der Waals surface area contributed by atoms with Crippen LogP contribution < -0.4 is 5.32 Å². The van der Waals surface area contributed by atoms with Gasteiger partial charge in [-0.2, -0.15) is 0 Å². The van der Waals surface area contributed by atoms with Crippen molar-refractivity contribution in [3.63, 3.8) is 0 Å². The molecule has 0 heterocycles. The Kier molecular flexibility index (Phi) is 4.61. The summed E-state index contributed by atoms with van der Waals surface area (Å²) in [4.78, 5) is 0. The van der Waals surface area contributed by atoms with Crippen LogP contribution in [0.3, 0.4) is 0 Å². The van der Waals surface area contributed by atoms with E-state index in [2.05, 4.69) is 21.2 Å². The lowest BCUT2D eigenvalue weighted by Gasteiger charge is -2.19. The topological polar surface area (TPSA) is 12.0 Å². The highest BCUT2D eigenvalue weighted by molar-refractivity contribution is 9.10. The van der Waals surface area contributed by atoms with Gasteiger partial charge < -0.3 is 5.32 Å². The molecule has 0 saturated carbocycles. The number of hydrogen-bond acceptors (Lipinski definition) is 1. The van der Waals surface area contributed by atoms with E-state index < -0.39 is 0 Å². The van der Waals surface area contributed by atoms with Crippen LogP contribution in [0, 0.1) is 12.7 Å². The summed E-state index contributed by atoms with van der Waals surface area (Å²) in [7, 11) is 1.82. The molecule has 1 unspecified atom stereocenters. The summed E-state index contributed by atoms with van der Waals surface area (Å²) in [5.41, 5.74) is 2.73. The minimum absolute atomic E-state index is 0.191. The first-order valence-electron chi connectivity index (χ1n) is 5.91. The van der Waals surface area contributed by atoms with Crippen LogP contribution in [0.15, 0.2) is 40.9 Å². The molecule has 0 saturated heterocycles. The summed E-state index contributed by atoms with van der Waals surface area (Å²) in [6, 6.07) is 10.6. The van der Waals surface area contributed by atoms with Crippen LogP contribution in [0.4, 0.5) is 4.39 Å². The summed E-state index contributed by atoms with van der Waals surface area (Å²) in [5, 5.41) is 3.55. The molecule has 0 aliphatic rings. The number of aryl methyl sites for hydroxylation is 1. The number of halogens is 3. The molecule has 0 aromatic heterocycles. The Morgan fingerprint density at radius 2 is 1.95 bits per heavy atom. The number of benzene rings is 2. The van der Waals surface area contributed by atoms with Crippen molar-refractivity contribution in [2.75, 3.05) is 7.05 Å². The number of rotatable bonds is 3. The molecule has 0 bridgehead atoms. The van der Waals surface area contributed by atoms with Crippen LogP contribution in [0.1, 0.15) is 22.7 Å². The molecule has 2 aromatic carbocycles. The van der Waals surface area contributed by atoms with Gasteiger partial charge in [0.25, 0.3) is 0 Å². The Balaban J connectivity index is 2.46. The van der Waals surface area contributed by atoms with Crippen molar-refractivity contribution in [2.24, 2.45) is 0 Å². The number of hydrogen-bond donors (Lipinski definition) is 1. The van der Waals surface area contributed by atoms with E-state index in [1.165, 1.54) is 6.07 Å². The molecule has 0 spiro atoms. The highest BCUT2D eigenvalue weighted by Gasteiger charge is 2.16. The van der Waals surface area contributed by atoms with Gasteiger partial charge in [-0.3, -0.25) is 0 Å². The van der Waals surface area contributed by atoms with Gasteiger partial charge >= 0.3 is 0 Å². The van der Waals surface area contributed by atoms with Crippen LogP contribution in [0.2, 0.25) is 5.02 Å². The van der Waals surface area contributed by atoms with Crippen molar-refractivity contribution in [1.82, 2.24) is 5.32 Å². The van der Waals surface area contributed by atoms with Crippen molar-refractivity contribution in [2.45, 2.75) is 13.0 Å². The lowest BCUT2D eigenvalue weighted by molar-refractivity contribution is 0.576. The van der Waals surface area contributed by atoms with E-state index in [0.29, 0.717) is 10.6 Å². The van der Waals surface area contributed by atoms with Gasteiger partial charge in [0, 0.05) is 15.1 Å². The molecule has 0 fully saturated rings. The SMILES string of the molecule is CNC(c1ccc(Br)c(C)c1)c1ccc(Cl)cc1F. The molecule has 1 atom stereocenters. The molecule has 0 aliphatic heterocycles. The fourth-order valence-electron chi connectivity index (χ4n) is 2.08. The maximum atomic E-state index is 14.0. The normalized spacial score (nSPS) is 12.5. The van der Waals surface area contributed by atoms with E-state index in [1.54, 1.807) is 12.1 Å². The van der Waals surface area contributed by atoms with Gasteiger partial charge in [-0.25, -0.2) is 4.39 Å². The average molecular weight is 343 g/mol. The van der Waals surface area contributed by atoms with Gasteiger partial charge in [-0.05, 0) is 43.3 Å². The summed E-state index contributed by atoms with van der Waals surface area (Å²) in [6.45, 7) is 2.01. The molecular weight excluding hydrogens is 329 g/mol. The minimum Gasteiger partial charge on any atom is -0.309 e. The molecule has 19 heavy (non-hydrogen) atoms. The Hall–Kier alpha value is -0.900. The highest BCUT2D eigenvalue weighted by Crippen LogP contribution is 2.28. The van der Waals surface area contributed by atoms with Crippen LogP contribution in [-0.2, 0) is 0 Å². The van der Waals surface area contributed by atoms with Crippen molar-refractivity contribution in [3.8, 4) is 0 Å². The zero-order chi connectivity index (χ0) is 14.0. The summed E-state index contributed by atoms with van der Waals surface area (Å²) in [5.74, 6) is -0.299. The monoisotopic (exact) mass is 341 g/mol. The smallest absolute Gasteiger partial charge is 0.129 e. The predicted octanol–water partition coefficient (Wildman–Crippen LogP) is 4.86. The van der Waals surface area contributed by atoms with Crippen LogP contribution >= 0.6 is 27.5 Å². The van der Waals surface area contributed by atoms with Crippen molar-refractivity contribution < 1.29 is 4.39 Å². The van der Waals surface area contributed by atoms with E-state index >= 15 is 0 Å². The van der Waals surface area contributed by atoms with E-state index in [1.807, 2.05) is 32.2 Å². The molecule has 0 aliphatic carbocycles. The minimum atomic E-state index is -0.299. The second-order valence-electron chi connectivity index (χ2n) is 4.40. The maximum Gasteiger partial charge on any atom is 0.129 e. The van der Waals surface area contributed by atoms with Gasteiger partial charge in [-0.15, -0.1) is 0 Å². The Morgan fingerprint density at radius 3 is 2.53 bits per heavy atom. The van der Waals surface area contributed by atoms with Gasteiger partial charge in [0.05, 0.1) is 6.04 Å². The maximum absolute atomic E-state index is 14.0. The Bertz CT molecular complexity index is 601. The van der Waals surface area contributed by atoms with Crippen molar-refractivity contribution >= 4 is 27.5 Å². The first kappa shape index (κ1) is 14.5. The first-order chi connectivity index (χ1) is 9.02. The second kappa shape index (κ2) is 6.04.